The van der Waals surface area contributed by atoms with Crippen LogP contribution in [0.2, 0.25) is 0 Å². The molecule has 3 aromatic rings. The molecular formula is C35H41N5O7. The Kier molecular flexibility index (Phi) is 10.8. The molecule has 47 heavy (non-hydrogen) atoms. The van der Waals surface area contributed by atoms with Crippen LogP contribution in [0.25, 0.3) is 16.8 Å². The Morgan fingerprint density at radius 1 is 1.09 bits per heavy atom. The molecule has 0 radical (unpaired) electrons. The number of nitrogen functional groups attached to an aromatic ring is 1. The average Bonchev–Trinajstić information content (AvgIpc) is 3.61. The van der Waals surface area contributed by atoms with Gasteiger partial charge in [-0.05, 0) is 54.1 Å². The highest BCUT2D eigenvalue weighted by molar-refractivity contribution is 6.00. The van der Waals surface area contributed by atoms with E-state index in [1.165, 1.54) is 13.2 Å². The monoisotopic (exact) mass is 643 g/mol. The van der Waals surface area contributed by atoms with Gasteiger partial charge in [0.1, 0.15) is 24.1 Å². The number of amides is 2. The van der Waals surface area contributed by atoms with Gasteiger partial charge < -0.3 is 46.9 Å². The summed E-state index contributed by atoms with van der Waals surface area (Å²) in [5, 5.41) is 38.3. The molecule has 1 heterocycles. The van der Waals surface area contributed by atoms with Crippen molar-refractivity contribution in [2.75, 3.05) is 31.2 Å². The van der Waals surface area contributed by atoms with E-state index in [0.29, 0.717) is 47.5 Å². The van der Waals surface area contributed by atoms with Crippen LogP contribution >= 0.6 is 0 Å². The first-order valence-electron chi connectivity index (χ1n) is 15.6. The summed E-state index contributed by atoms with van der Waals surface area (Å²) in [7, 11) is 1.27. The fourth-order valence-corrected chi connectivity index (χ4v) is 5.94. The van der Waals surface area contributed by atoms with Crippen molar-refractivity contribution in [3.8, 4) is 5.75 Å². The van der Waals surface area contributed by atoms with Crippen LogP contribution in [0, 0.1) is 0 Å². The quantitative estimate of drug-likeness (QED) is 0.0383. The van der Waals surface area contributed by atoms with Crippen molar-refractivity contribution < 1.29 is 34.4 Å². The smallest absolute Gasteiger partial charge is 0.338 e. The number of fused-ring (bicyclic) bond motifs is 2. The van der Waals surface area contributed by atoms with Crippen LogP contribution in [0.3, 0.4) is 0 Å². The number of phenolic OH excluding ortho intramolecular Hbond substituents is 1. The molecular weight excluding hydrogens is 602 g/mol. The maximum atomic E-state index is 12.3. The summed E-state index contributed by atoms with van der Waals surface area (Å²) in [4.78, 5) is 28.5. The summed E-state index contributed by atoms with van der Waals surface area (Å²) in [6, 6.07) is 13.3. The second-order valence-corrected chi connectivity index (χ2v) is 11.7. The number of anilines is 2. The van der Waals surface area contributed by atoms with E-state index in [2.05, 4.69) is 15.6 Å². The van der Waals surface area contributed by atoms with Crippen molar-refractivity contribution in [1.82, 2.24) is 5.32 Å². The molecule has 3 aromatic carbocycles. The van der Waals surface area contributed by atoms with E-state index >= 15 is 0 Å². The number of carbonyl (C=O) groups excluding carboxylic acids is 2. The summed E-state index contributed by atoms with van der Waals surface area (Å²) in [5.41, 5.74) is 15.4. The molecule has 2 amide bonds. The Hall–Kier alpha value is -4.91. The number of hydrogen-bond donors (Lipinski definition) is 7. The summed E-state index contributed by atoms with van der Waals surface area (Å²) < 4.78 is 10.8. The number of ether oxygens (including phenoxy) is 2. The number of phenols is 1. The molecule has 0 unspecified atom stereocenters. The molecule has 0 bridgehead atoms. The number of nitrogens with two attached hydrogens (primary N) is 2. The van der Waals surface area contributed by atoms with Gasteiger partial charge in [0, 0.05) is 41.2 Å². The van der Waals surface area contributed by atoms with E-state index in [0.717, 1.165) is 30.4 Å². The van der Waals surface area contributed by atoms with Gasteiger partial charge in [-0.25, -0.2) is 9.59 Å². The third-order valence-electron chi connectivity index (χ3n) is 8.43. The minimum Gasteiger partial charge on any atom is -0.507 e. The molecule has 9 N–H and O–H groups in total. The Bertz CT molecular complexity index is 1710. The topological polar surface area (TPSA) is 202 Å². The molecule has 248 valence electrons. The van der Waals surface area contributed by atoms with Crippen molar-refractivity contribution in [2.24, 2.45) is 10.7 Å². The number of esters is 1. The number of aliphatic imine (C=N–C) groups is 1. The molecule has 1 aliphatic carbocycles. The molecule has 0 aromatic heterocycles. The highest BCUT2D eigenvalue weighted by atomic mass is 16.5. The lowest BCUT2D eigenvalue weighted by Gasteiger charge is -2.22. The van der Waals surface area contributed by atoms with Gasteiger partial charge in [0.25, 0.3) is 0 Å². The van der Waals surface area contributed by atoms with E-state index in [9.17, 15) is 24.9 Å². The number of urea groups is 1. The number of carbonyl (C=O) groups is 2. The molecule has 12 nitrogen and oxygen atoms in total. The van der Waals surface area contributed by atoms with Crippen LogP contribution < -0.4 is 22.1 Å². The molecule has 12 heteroatoms. The standard InChI is InChI=1S/C35H41N5O7/c1-46-34(44)21-17-20-11-12-22(19-26(20)28(41)18-21)40-35(45)39-15-4-2-3-10-30(37)38-16-6-9-29-31(42)32(43)33(47-29)25-14-13-24-23(25)7-5-8-27(24)36/h5-9,11-14,17-19,25,29,31-33,41-43H,2-4,10,15-16,36H2,1H3,(H2,37,38)(H2,39,40,45)/b9-6+/t25-,29+,31+,32+,33-/m0/s1. The lowest BCUT2D eigenvalue weighted by molar-refractivity contribution is 0.0136. The van der Waals surface area contributed by atoms with Gasteiger partial charge >= 0.3 is 12.0 Å². The molecule has 1 aliphatic heterocycles. The lowest BCUT2D eigenvalue weighted by atomic mass is 9.91. The number of aliphatic hydroxyl groups excluding tert-OH is 2. The van der Waals surface area contributed by atoms with E-state index < -0.39 is 30.4 Å². The zero-order chi connectivity index (χ0) is 33.5. The van der Waals surface area contributed by atoms with Gasteiger partial charge in [-0.2, -0.15) is 0 Å². The molecule has 5 rings (SSSR count). The maximum absolute atomic E-state index is 12.3. The van der Waals surface area contributed by atoms with Gasteiger partial charge in [-0.3, -0.25) is 4.99 Å². The second kappa shape index (κ2) is 15.1. The third kappa shape index (κ3) is 7.91. The molecule has 0 saturated carbocycles. The number of amidine groups is 1. The normalized spacial score (nSPS) is 22.1. The lowest BCUT2D eigenvalue weighted by Crippen LogP contribution is -2.34. The highest BCUT2D eigenvalue weighted by Gasteiger charge is 2.46. The predicted octanol–water partition coefficient (Wildman–Crippen LogP) is 3.81. The summed E-state index contributed by atoms with van der Waals surface area (Å²) in [5.74, 6) is -0.318. The highest BCUT2D eigenvalue weighted by Crippen LogP contribution is 2.41. The number of nitrogens with zero attached hydrogens (tertiary/aromatic N) is 1. The minimum absolute atomic E-state index is 0.0869. The van der Waals surface area contributed by atoms with E-state index in [1.54, 1.807) is 36.4 Å². The Labute approximate surface area is 272 Å². The van der Waals surface area contributed by atoms with Crippen molar-refractivity contribution in [1.29, 1.82) is 0 Å². The largest absolute Gasteiger partial charge is 0.507 e. The fourth-order valence-electron chi connectivity index (χ4n) is 5.94. The summed E-state index contributed by atoms with van der Waals surface area (Å²) >= 11 is 0. The number of aromatic hydroxyl groups is 1. The molecule has 1 fully saturated rings. The molecule has 1 saturated heterocycles. The number of benzene rings is 3. The van der Waals surface area contributed by atoms with Gasteiger partial charge in [0.15, 0.2) is 0 Å². The van der Waals surface area contributed by atoms with Crippen molar-refractivity contribution in [3.63, 3.8) is 0 Å². The molecule has 5 atom stereocenters. The zero-order valence-corrected chi connectivity index (χ0v) is 26.1. The van der Waals surface area contributed by atoms with Gasteiger partial charge in [-0.1, -0.05) is 48.9 Å². The molecule has 0 spiro atoms. The number of methoxy groups -OCH3 is 1. The Balaban J connectivity index is 0.983. The van der Waals surface area contributed by atoms with Crippen LogP contribution in [-0.2, 0) is 9.47 Å². The predicted molar refractivity (Wildman–Crippen MR) is 181 cm³/mol. The Morgan fingerprint density at radius 3 is 2.72 bits per heavy atom. The van der Waals surface area contributed by atoms with Crippen molar-refractivity contribution in [2.45, 2.75) is 56.0 Å². The zero-order valence-electron chi connectivity index (χ0n) is 26.1. The second-order valence-electron chi connectivity index (χ2n) is 11.7. The number of hydrogen-bond acceptors (Lipinski definition) is 9. The van der Waals surface area contributed by atoms with Gasteiger partial charge in [0.2, 0.25) is 0 Å². The van der Waals surface area contributed by atoms with Gasteiger partial charge in [0.05, 0.1) is 31.2 Å². The maximum Gasteiger partial charge on any atom is 0.338 e. The van der Waals surface area contributed by atoms with Crippen LogP contribution in [0.1, 0.15) is 53.1 Å². The Morgan fingerprint density at radius 2 is 1.91 bits per heavy atom. The van der Waals surface area contributed by atoms with Crippen LogP contribution in [0.15, 0.2) is 71.8 Å². The van der Waals surface area contributed by atoms with Crippen LogP contribution in [-0.4, -0.2) is 77.8 Å². The van der Waals surface area contributed by atoms with Gasteiger partial charge in [-0.15, -0.1) is 0 Å². The van der Waals surface area contributed by atoms with E-state index in [4.69, 9.17) is 20.9 Å². The van der Waals surface area contributed by atoms with Crippen LogP contribution in [0.4, 0.5) is 16.2 Å². The third-order valence-corrected chi connectivity index (χ3v) is 8.43. The number of aliphatic hydroxyl groups is 2. The number of nitrogens with one attached hydrogen (secondary N) is 2. The van der Waals surface area contributed by atoms with Crippen LogP contribution in [0.5, 0.6) is 5.75 Å². The van der Waals surface area contributed by atoms with Crippen molar-refractivity contribution in [3.05, 3.63) is 83.4 Å². The van der Waals surface area contributed by atoms with Crippen molar-refractivity contribution >= 4 is 46.1 Å². The fraction of sp³-hybridized carbons (Fsp3) is 0.343. The first kappa shape index (κ1) is 33.5. The summed E-state index contributed by atoms with van der Waals surface area (Å²) in [6.07, 6.45) is 7.01. The SMILES string of the molecule is COC(=O)c1cc(O)c2cc(NC(=O)NCCCCCC(N)=NC/C=C/[C@H]3O[C@@H]([C@H]4C=Cc5c(N)cccc54)[C@H](O)[C@@H]3O)ccc2c1. The summed E-state index contributed by atoms with van der Waals surface area (Å²) in [6.45, 7) is 0.793. The molecule has 2 aliphatic rings. The first-order valence-corrected chi connectivity index (χ1v) is 15.6. The van der Waals surface area contributed by atoms with E-state index in [-0.39, 0.29) is 23.3 Å². The first-order chi connectivity index (χ1) is 22.7. The number of rotatable bonds is 12. The number of unbranched alkanes of at least 4 members (excludes halogenated alkanes) is 2. The average molecular weight is 644 g/mol. The van der Waals surface area contributed by atoms with E-state index in [1.807, 2.05) is 30.4 Å². The minimum atomic E-state index is -1.06.